The van der Waals surface area contributed by atoms with E-state index in [0.29, 0.717) is 12.2 Å². The summed E-state index contributed by atoms with van der Waals surface area (Å²) in [5.41, 5.74) is 0.402. The molecular weight excluding hydrogens is 394 g/mol. The van der Waals surface area contributed by atoms with Gasteiger partial charge in [-0.15, -0.1) is 0 Å². The molecule has 0 radical (unpaired) electrons. The van der Waals surface area contributed by atoms with Crippen LogP contribution in [0.3, 0.4) is 0 Å². The molecule has 114 valence electrons. The van der Waals surface area contributed by atoms with Crippen molar-refractivity contribution in [3.05, 3.63) is 11.6 Å². The molecule has 0 aliphatic heterocycles. The first-order valence-corrected chi connectivity index (χ1v) is 9.52. The molecule has 0 rings (SSSR count). The predicted molar refractivity (Wildman–Crippen MR) is 57.7 cm³/mol. The Hall–Kier alpha value is 3.15. The van der Waals surface area contributed by atoms with Gasteiger partial charge in [0, 0.05) is 6.66 Å². The molecule has 0 amide bonds. The van der Waals surface area contributed by atoms with E-state index in [4.69, 9.17) is 5.11 Å². The number of rotatable bonds is 8. The maximum absolute atomic E-state index is 11.3. The van der Waals surface area contributed by atoms with Gasteiger partial charge in [-0.25, -0.2) is 4.31 Å². The smallest absolute Gasteiger partial charge is 0.789 e. The van der Waals surface area contributed by atoms with Crippen LogP contribution in [0.1, 0.15) is 6.92 Å². The van der Waals surface area contributed by atoms with Gasteiger partial charge in [0.15, 0.2) is 0 Å². The summed E-state index contributed by atoms with van der Waals surface area (Å²) in [6.07, 6.45) is 1.20. The van der Waals surface area contributed by atoms with Crippen molar-refractivity contribution in [1.82, 2.24) is 0 Å². The largest absolute Gasteiger partial charge is 1.00 e. The molecule has 22 heavy (non-hydrogen) atoms. The molecule has 0 aromatic carbocycles. The SMILES string of the molecule is C/C(=C\COP(=O)([O-])OP(C)(=O)OP(=O)([O-])[O-])CO.[Na+].[Na+].[Na+]. The molecule has 0 saturated carbocycles. The van der Waals surface area contributed by atoms with Gasteiger partial charge < -0.3 is 28.9 Å². The second kappa shape index (κ2) is 14.2. The fourth-order valence-corrected chi connectivity index (χ4v) is 4.48. The van der Waals surface area contributed by atoms with E-state index in [1.54, 1.807) is 0 Å². The normalized spacial score (nSPS) is 17.1. The van der Waals surface area contributed by atoms with Crippen molar-refractivity contribution in [2.75, 3.05) is 19.9 Å². The van der Waals surface area contributed by atoms with E-state index in [0.717, 1.165) is 0 Å². The van der Waals surface area contributed by atoms with E-state index < -0.39 is 29.8 Å². The van der Waals surface area contributed by atoms with E-state index in [-0.39, 0.29) is 95.3 Å². The second-order valence-corrected chi connectivity index (χ2v) is 8.23. The summed E-state index contributed by atoms with van der Waals surface area (Å²) in [5, 5.41) is 8.61. The quantitative estimate of drug-likeness (QED) is 0.232. The van der Waals surface area contributed by atoms with E-state index in [9.17, 15) is 28.4 Å². The third kappa shape index (κ3) is 19.5. The van der Waals surface area contributed by atoms with Gasteiger partial charge in [0.05, 0.1) is 21.0 Å². The molecule has 10 nitrogen and oxygen atoms in total. The van der Waals surface area contributed by atoms with Gasteiger partial charge in [0.1, 0.15) is 0 Å². The summed E-state index contributed by atoms with van der Waals surface area (Å²) in [6, 6.07) is 0. The predicted octanol–water partition coefficient (Wildman–Crippen LogP) is -9.89. The molecule has 0 aliphatic carbocycles. The van der Waals surface area contributed by atoms with Crippen molar-refractivity contribution in [2.24, 2.45) is 0 Å². The maximum atomic E-state index is 11.3. The first-order valence-electron chi connectivity index (χ1n) is 4.61. The number of phosphoric acid groups is 2. The van der Waals surface area contributed by atoms with Crippen LogP contribution in [-0.2, 0) is 26.8 Å². The molecule has 2 unspecified atom stereocenters. The fourth-order valence-electron chi connectivity index (χ4n) is 0.737. The van der Waals surface area contributed by atoms with Crippen LogP contribution in [0.2, 0.25) is 0 Å². The third-order valence-electron chi connectivity index (χ3n) is 1.41. The van der Waals surface area contributed by atoms with E-state index in [2.05, 4.69) is 13.1 Å². The molecular formula is C6H12Na3O10P3. The Morgan fingerprint density at radius 1 is 1.09 bits per heavy atom. The topological polar surface area (TPSA) is 168 Å². The van der Waals surface area contributed by atoms with Gasteiger partial charge in [-0.1, -0.05) is 6.08 Å². The molecule has 2 atom stereocenters. The van der Waals surface area contributed by atoms with Crippen LogP contribution < -0.4 is 103 Å². The van der Waals surface area contributed by atoms with E-state index >= 15 is 0 Å². The van der Waals surface area contributed by atoms with Crippen LogP contribution in [0.4, 0.5) is 0 Å². The Morgan fingerprint density at radius 3 is 1.91 bits per heavy atom. The zero-order chi connectivity index (χ0) is 15.3. The van der Waals surface area contributed by atoms with Crippen LogP contribution in [0.15, 0.2) is 11.6 Å². The number of hydrogen-bond acceptors (Lipinski definition) is 10. The standard InChI is InChI=1S/C6H15O10P3.3Na/c1-6(5-7)3-4-14-19(12,13)16-17(2,8)15-18(9,10)11;;;/h3,7H,4-5H2,1-2H3,(H,12,13)(H2,9,10,11);;;/q;3*+1/p-3/b6-3+;;;. The average molecular weight is 406 g/mol. The molecule has 0 aromatic heterocycles. The maximum Gasteiger partial charge on any atom is 1.00 e. The summed E-state index contributed by atoms with van der Waals surface area (Å²) in [4.78, 5) is 31.6. The van der Waals surface area contributed by atoms with Gasteiger partial charge in [0.25, 0.3) is 7.82 Å². The number of hydrogen-bond donors (Lipinski definition) is 1. The second-order valence-electron chi connectivity index (χ2n) is 3.33. The Morgan fingerprint density at radius 2 is 1.55 bits per heavy atom. The number of aliphatic hydroxyl groups is 1. The van der Waals surface area contributed by atoms with Crippen molar-refractivity contribution in [3.8, 4) is 0 Å². The summed E-state index contributed by atoms with van der Waals surface area (Å²) in [7, 11) is -15.5. The summed E-state index contributed by atoms with van der Waals surface area (Å²) in [6.45, 7) is 1.12. The Kier molecular flexibility index (Phi) is 21.2. The first-order chi connectivity index (χ1) is 8.37. The van der Waals surface area contributed by atoms with Crippen molar-refractivity contribution in [2.45, 2.75) is 6.92 Å². The molecule has 0 fully saturated rings. The average Bonchev–Trinajstić information content (AvgIpc) is 2.10. The van der Waals surface area contributed by atoms with Gasteiger partial charge >= 0.3 is 96.3 Å². The van der Waals surface area contributed by atoms with Gasteiger partial charge in [0.2, 0.25) is 0 Å². The minimum Gasteiger partial charge on any atom is -0.789 e. The summed E-state index contributed by atoms with van der Waals surface area (Å²) < 4.78 is 44.2. The number of phosphoric ester groups is 1. The molecule has 0 saturated heterocycles. The van der Waals surface area contributed by atoms with Crippen molar-refractivity contribution in [1.29, 1.82) is 0 Å². The summed E-state index contributed by atoms with van der Waals surface area (Å²) >= 11 is 0. The summed E-state index contributed by atoms with van der Waals surface area (Å²) in [5.74, 6) is 0. The van der Waals surface area contributed by atoms with Gasteiger partial charge in [-0.05, 0) is 12.5 Å². The van der Waals surface area contributed by atoms with Crippen molar-refractivity contribution >= 4 is 23.2 Å². The molecule has 0 heterocycles. The fraction of sp³-hybridized carbons (Fsp3) is 0.667. The first kappa shape index (κ1) is 32.8. The molecule has 1 N–H and O–H groups in total. The van der Waals surface area contributed by atoms with Crippen molar-refractivity contribution < 1.29 is 135 Å². The molecule has 16 heteroatoms. The number of aliphatic hydroxyl groups excluding tert-OH is 1. The third-order valence-corrected chi connectivity index (χ3v) is 5.85. The molecule has 0 aliphatic rings. The molecule has 0 aromatic rings. The zero-order valence-corrected chi connectivity index (χ0v) is 21.6. The Labute approximate surface area is 194 Å². The van der Waals surface area contributed by atoms with E-state index in [1.165, 1.54) is 13.0 Å². The molecule has 0 bridgehead atoms. The van der Waals surface area contributed by atoms with Crippen LogP contribution >= 0.6 is 23.2 Å². The minimum atomic E-state index is -5.67. The van der Waals surface area contributed by atoms with Gasteiger partial charge in [-0.3, -0.25) is 13.4 Å². The monoisotopic (exact) mass is 406 g/mol. The van der Waals surface area contributed by atoms with Crippen LogP contribution in [0.25, 0.3) is 0 Å². The van der Waals surface area contributed by atoms with Crippen LogP contribution in [0.5, 0.6) is 0 Å². The van der Waals surface area contributed by atoms with Crippen molar-refractivity contribution in [3.63, 3.8) is 0 Å². The van der Waals surface area contributed by atoms with Gasteiger partial charge in [-0.2, -0.15) is 0 Å². The van der Waals surface area contributed by atoms with E-state index in [1.807, 2.05) is 0 Å². The Bertz CT molecular complexity index is 477. The molecule has 0 spiro atoms. The van der Waals surface area contributed by atoms with Crippen LogP contribution in [0, 0.1) is 0 Å². The Balaban J connectivity index is -0.000000540. The minimum absolute atomic E-state index is 0. The zero-order valence-electron chi connectivity index (χ0n) is 13.0. The van der Waals surface area contributed by atoms with Crippen LogP contribution in [-0.4, -0.2) is 25.0 Å².